The maximum absolute atomic E-state index is 11.8. The first-order valence-corrected chi connectivity index (χ1v) is 7.66. The van der Waals surface area contributed by atoms with E-state index in [4.69, 9.17) is 16.3 Å². The van der Waals surface area contributed by atoms with Gasteiger partial charge in [0.1, 0.15) is 5.60 Å². The van der Waals surface area contributed by atoms with E-state index in [1.54, 1.807) is 0 Å². The van der Waals surface area contributed by atoms with E-state index in [1.807, 2.05) is 12.1 Å². The second kappa shape index (κ2) is 5.16. The zero-order valence-electron chi connectivity index (χ0n) is 11.0. The zero-order valence-corrected chi connectivity index (χ0v) is 11.8. The van der Waals surface area contributed by atoms with Crippen LogP contribution in [-0.2, 0) is 21.6 Å². The van der Waals surface area contributed by atoms with Crippen molar-refractivity contribution in [1.82, 2.24) is 0 Å². The van der Waals surface area contributed by atoms with Crippen LogP contribution in [0.4, 0.5) is 0 Å². The van der Waals surface area contributed by atoms with E-state index in [0.29, 0.717) is 18.2 Å². The minimum atomic E-state index is -0.363. The van der Waals surface area contributed by atoms with Crippen molar-refractivity contribution in [3.05, 3.63) is 35.4 Å². The summed E-state index contributed by atoms with van der Waals surface area (Å²) in [5.74, 6) is 0.920. The maximum atomic E-state index is 11.8. The second-order valence-electron chi connectivity index (χ2n) is 5.61. The topological polar surface area (TPSA) is 26.3 Å². The quantitative estimate of drug-likeness (QED) is 0.621. The molecule has 0 unspecified atom stereocenters. The standard InChI is InChI=1S/C16H19ClO2/c17-10-8-12-5-1-2-7-14(12)16-9-4-3-6-13(16)11-15(18)19-16/h1-2,5,7,13H,3-4,6,8-11H2/t13-,16-/m0/s1. The molecule has 0 aromatic heterocycles. The summed E-state index contributed by atoms with van der Waals surface area (Å²) in [6, 6.07) is 8.32. The summed E-state index contributed by atoms with van der Waals surface area (Å²) >= 11 is 5.91. The predicted octanol–water partition coefficient (Wildman–Crippen LogP) is 3.80. The molecule has 0 radical (unpaired) electrons. The molecule has 0 N–H and O–H groups in total. The van der Waals surface area contributed by atoms with E-state index in [1.165, 1.54) is 17.5 Å². The molecule has 19 heavy (non-hydrogen) atoms. The smallest absolute Gasteiger partial charge is 0.307 e. The summed E-state index contributed by atoms with van der Waals surface area (Å²) in [6.07, 6.45) is 5.82. The number of rotatable bonds is 3. The lowest BCUT2D eigenvalue weighted by Crippen LogP contribution is -2.36. The average molecular weight is 279 g/mol. The molecule has 2 fully saturated rings. The Kier molecular flexibility index (Phi) is 3.53. The molecule has 1 aliphatic heterocycles. The number of esters is 1. The van der Waals surface area contributed by atoms with Crippen molar-refractivity contribution in [2.45, 2.75) is 44.1 Å². The minimum Gasteiger partial charge on any atom is -0.454 e. The van der Waals surface area contributed by atoms with Crippen LogP contribution in [0.1, 0.15) is 43.2 Å². The van der Waals surface area contributed by atoms with Crippen LogP contribution in [0.5, 0.6) is 0 Å². The molecule has 102 valence electrons. The number of carbonyl (C=O) groups excluding carboxylic acids is 1. The molecule has 1 aromatic rings. The molecule has 3 heteroatoms. The largest absolute Gasteiger partial charge is 0.454 e. The summed E-state index contributed by atoms with van der Waals surface area (Å²) < 4.78 is 5.84. The molecule has 1 heterocycles. The third kappa shape index (κ3) is 2.16. The number of hydrogen-bond donors (Lipinski definition) is 0. The Bertz CT molecular complexity index is 485. The summed E-state index contributed by atoms with van der Waals surface area (Å²) in [4.78, 5) is 11.8. The normalized spacial score (nSPS) is 29.9. The van der Waals surface area contributed by atoms with Gasteiger partial charge in [-0.3, -0.25) is 4.79 Å². The molecule has 0 amide bonds. The van der Waals surface area contributed by atoms with Gasteiger partial charge in [0.05, 0.1) is 6.42 Å². The fraction of sp³-hybridized carbons (Fsp3) is 0.562. The van der Waals surface area contributed by atoms with E-state index >= 15 is 0 Å². The predicted molar refractivity (Wildman–Crippen MR) is 75.2 cm³/mol. The van der Waals surface area contributed by atoms with Crippen molar-refractivity contribution < 1.29 is 9.53 Å². The van der Waals surface area contributed by atoms with Crippen LogP contribution < -0.4 is 0 Å². The van der Waals surface area contributed by atoms with E-state index in [-0.39, 0.29) is 11.6 Å². The maximum Gasteiger partial charge on any atom is 0.307 e. The van der Waals surface area contributed by atoms with Gasteiger partial charge in [-0.1, -0.05) is 30.7 Å². The van der Waals surface area contributed by atoms with Crippen LogP contribution in [0.15, 0.2) is 24.3 Å². The lowest BCUT2D eigenvalue weighted by molar-refractivity contribution is -0.152. The van der Waals surface area contributed by atoms with Gasteiger partial charge in [-0.2, -0.15) is 0 Å². The van der Waals surface area contributed by atoms with Crippen molar-refractivity contribution >= 4 is 17.6 Å². The monoisotopic (exact) mass is 278 g/mol. The van der Waals surface area contributed by atoms with E-state index < -0.39 is 0 Å². The van der Waals surface area contributed by atoms with Crippen molar-refractivity contribution in [3.63, 3.8) is 0 Å². The van der Waals surface area contributed by atoms with Crippen LogP contribution in [0.3, 0.4) is 0 Å². The first-order valence-electron chi connectivity index (χ1n) is 7.12. The van der Waals surface area contributed by atoms with Crippen LogP contribution in [0.25, 0.3) is 0 Å². The Balaban J connectivity index is 2.05. The molecule has 1 saturated carbocycles. The molecule has 1 aliphatic carbocycles. The number of fused-ring (bicyclic) bond motifs is 1. The third-order valence-corrected chi connectivity index (χ3v) is 4.75. The van der Waals surface area contributed by atoms with Gasteiger partial charge in [-0.05, 0) is 36.8 Å². The van der Waals surface area contributed by atoms with Gasteiger partial charge in [-0.15, -0.1) is 11.6 Å². The molecule has 0 spiro atoms. The van der Waals surface area contributed by atoms with Gasteiger partial charge in [-0.25, -0.2) is 0 Å². The Morgan fingerprint density at radius 1 is 1.32 bits per heavy atom. The van der Waals surface area contributed by atoms with Crippen LogP contribution in [0, 0.1) is 5.92 Å². The number of alkyl halides is 1. The number of carbonyl (C=O) groups is 1. The number of hydrogen-bond acceptors (Lipinski definition) is 2. The van der Waals surface area contributed by atoms with E-state index in [9.17, 15) is 4.79 Å². The first-order chi connectivity index (χ1) is 9.26. The highest BCUT2D eigenvalue weighted by atomic mass is 35.5. The molecular formula is C16H19ClO2. The van der Waals surface area contributed by atoms with Gasteiger partial charge in [0.25, 0.3) is 0 Å². The van der Waals surface area contributed by atoms with E-state index in [0.717, 1.165) is 25.7 Å². The summed E-state index contributed by atoms with van der Waals surface area (Å²) in [6.45, 7) is 0. The highest BCUT2D eigenvalue weighted by Crippen LogP contribution is 2.51. The molecule has 2 aliphatic rings. The lowest BCUT2D eigenvalue weighted by atomic mass is 9.70. The van der Waals surface area contributed by atoms with Gasteiger partial charge in [0, 0.05) is 11.8 Å². The molecule has 1 aromatic carbocycles. The van der Waals surface area contributed by atoms with Gasteiger partial charge in [0.2, 0.25) is 0 Å². The second-order valence-corrected chi connectivity index (χ2v) is 5.98. The minimum absolute atomic E-state index is 0.0347. The Morgan fingerprint density at radius 3 is 3.00 bits per heavy atom. The molecule has 0 bridgehead atoms. The average Bonchev–Trinajstić information content (AvgIpc) is 2.76. The molecule has 1 saturated heterocycles. The number of benzene rings is 1. The molecular weight excluding hydrogens is 260 g/mol. The fourth-order valence-electron chi connectivity index (χ4n) is 3.73. The summed E-state index contributed by atoms with van der Waals surface area (Å²) in [5.41, 5.74) is 2.07. The lowest BCUT2D eigenvalue weighted by Gasteiger charge is -2.38. The Hall–Kier alpha value is -1.02. The number of ether oxygens (including phenoxy) is 1. The number of aryl methyl sites for hydroxylation is 1. The Morgan fingerprint density at radius 2 is 2.16 bits per heavy atom. The third-order valence-electron chi connectivity index (χ3n) is 4.56. The van der Waals surface area contributed by atoms with Gasteiger partial charge < -0.3 is 4.74 Å². The SMILES string of the molecule is O=C1C[C@@H]2CCCC[C@]2(c2ccccc2CCCl)O1. The van der Waals surface area contributed by atoms with Crippen LogP contribution in [-0.4, -0.2) is 11.8 Å². The number of halogens is 1. The van der Waals surface area contributed by atoms with Crippen molar-refractivity contribution in [2.75, 3.05) is 5.88 Å². The van der Waals surface area contributed by atoms with Crippen molar-refractivity contribution in [2.24, 2.45) is 5.92 Å². The summed E-state index contributed by atoms with van der Waals surface area (Å²) in [7, 11) is 0. The zero-order chi connectivity index (χ0) is 13.3. The van der Waals surface area contributed by atoms with Gasteiger partial charge >= 0.3 is 5.97 Å². The van der Waals surface area contributed by atoms with Crippen molar-refractivity contribution in [1.29, 1.82) is 0 Å². The molecule has 3 rings (SSSR count). The van der Waals surface area contributed by atoms with Gasteiger partial charge in [0.15, 0.2) is 0 Å². The first kappa shape index (κ1) is 13.0. The van der Waals surface area contributed by atoms with Crippen LogP contribution in [0.2, 0.25) is 0 Å². The van der Waals surface area contributed by atoms with Crippen LogP contribution >= 0.6 is 11.6 Å². The summed E-state index contributed by atoms with van der Waals surface area (Å²) in [5, 5.41) is 0. The van der Waals surface area contributed by atoms with Crippen molar-refractivity contribution in [3.8, 4) is 0 Å². The highest BCUT2D eigenvalue weighted by molar-refractivity contribution is 6.18. The molecule has 2 nitrogen and oxygen atoms in total. The Labute approximate surface area is 119 Å². The highest BCUT2D eigenvalue weighted by Gasteiger charge is 2.51. The molecule has 2 atom stereocenters. The van der Waals surface area contributed by atoms with E-state index in [2.05, 4.69) is 12.1 Å². The fourth-order valence-corrected chi connectivity index (χ4v) is 3.93.